The fourth-order valence-corrected chi connectivity index (χ4v) is 2.20. The van der Waals surface area contributed by atoms with Gasteiger partial charge in [-0.1, -0.05) is 12.1 Å². The third-order valence-electron chi connectivity index (χ3n) is 3.36. The Labute approximate surface area is 125 Å². The Hall–Kier alpha value is -2.86. The van der Waals surface area contributed by atoms with Crippen molar-refractivity contribution in [2.75, 3.05) is 6.54 Å². The van der Waals surface area contributed by atoms with Crippen LogP contribution in [0.3, 0.4) is 0 Å². The van der Waals surface area contributed by atoms with Crippen molar-refractivity contribution in [3.63, 3.8) is 0 Å². The second kappa shape index (κ2) is 5.87. The maximum Gasteiger partial charge on any atom is 0.256 e. The van der Waals surface area contributed by atoms with Gasteiger partial charge in [0.1, 0.15) is 17.4 Å². The molecule has 3 rings (SSSR count). The molecule has 0 fully saturated rings. The summed E-state index contributed by atoms with van der Waals surface area (Å²) in [7, 11) is 0. The van der Waals surface area contributed by atoms with E-state index in [-0.39, 0.29) is 17.5 Å². The lowest BCUT2D eigenvalue weighted by atomic mass is 10.1. The lowest BCUT2D eigenvalue weighted by Gasteiger charge is -2.09. The average molecular weight is 298 g/mol. The Morgan fingerprint density at radius 3 is 2.86 bits per heavy atom. The number of carbonyl (C=O) groups is 1. The summed E-state index contributed by atoms with van der Waals surface area (Å²) in [4.78, 5) is 27.3. The summed E-state index contributed by atoms with van der Waals surface area (Å²) in [5.41, 5.74) is 0.323. The van der Waals surface area contributed by atoms with E-state index in [1.807, 2.05) is 0 Å². The van der Waals surface area contributed by atoms with E-state index < -0.39 is 12.0 Å². The van der Waals surface area contributed by atoms with Crippen LogP contribution in [0.1, 0.15) is 22.2 Å². The van der Waals surface area contributed by atoms with Gasteiger partial charge in [0, 0.05) is 17.1 Å². The van der Waals surface area contributed by atoms with E-state index in [0.29, 0.717) is 16.7 Å². The molecule has 2 heterocycles. The number of rotatable bonds is 4. The normalized spacial score (nSPS) is 12.2. The summed E-state index contributed by atoms with van der Waals surface area (Å²) in [6.45, 7) is -0.0430. The molecule has 22 heavy (non-hydrogen) atoms. The molecule has 3 aromatic rings. The minimum Gasteiger partial charge on any atom is -0.467 e. The zero-order valence-electron chi connectivity index (χ0n) is 11.6. The molecule has 6 heteroatoms. The molecule has 1 aromatic carbocycles. The van der Waals surface area contributed by atoms with Gasteiger partial charge in [-0.25, -0.2) is 0 Å². The van der Waals surface area contributed by atoms with Crippen molar-refractivity contribution in [3.8, 4) is 0 Å². The van der Waals surface area contributed by atoms with Crippen molar-refractivity contribution in [1.29, 1.82) is 0 Å². The highest BCUT2D eigenvalue weighted by Crippen LogP contribution is 2.12. The molecule has 0 bridgehead atoms. The van der Waals surface area contributed by atoms with Gasteiger partial charge in [0.25, 0.3) is 5.91 Å². The summed E-state index contributed by atoms with van der Waals surface area (Å²) in [5, 5.41) is 12.8. The van der Waals surface area contributed by atoms with Crippen LogP contribution in [0.4, 0.5) is 0 Å². The van der Waals surface area contributed by atoms with Crippen LogP contribution in [0.2, 0.25) is 0 Å². The molecule has 0 aliphatic carbocycles. The summed E-state index contributed by atoms with van der Waals surface area (Å²) < 4.78 is 5.05. The lowest BCUT2D eigenvalue weighted by Crippen LogP contribution is -2.32. The first-order valence-corrected chi connectivity index (χ1v) is 6.77. The highest BCUT2D eigenvalue weighted by atomic mass is 16.4. The SMILES string of the molecule is O=C(NCC(O)c1ccco1)c1c[nH]c2ccccc2c1=O. The van der Waals surface area contributed by atoms with Crippen LogP contribution >= 0.6 is 0 Å². The van der Waals surface area contributed by atoms with Gasteiger partial charge >= 0.3 is 0 Å². The van der Waals surface area contributed by atoms with Gasteiger partial charge in [-0.2, -0.15) is 0 Å². The van der Waals surface area contributed by atoms with Gasteiger partial charge < -0.3 is 19.8 Å². The maximum atomic E-state index is 12.3. The molecule has 0 saturated heterocycles. The minimum absolute atomic E-state index is 0.00495. The van der Waals surface area contributed by atoms with Gasteiger partial charge in [-0.15, -0.1) is 0 Å². The summed E-state index contributed by atoms with van der Waals surface area (Å²) in [6.07, 6.45) is 1.85. The zero-order chi connectivity index (χ0) is 15.5. The molecule has 2 aromatic heterocycles. The second-order valence-corrected chi connectivity index (χ2v) is 4.82. The van der Waals surface area contributed by atoms with E-state index in [9.17, 15) is 14.7 Å². The summed E-state index contributed by atoms with van der Waals surface area (Å²) >= 11 is 0. The molecule has 6 nitrogen and oxygen atoms in total. The number of aromatic amines is 1. The summed E-state index contributed by atoms with van der Waals surface area (Å²) in [6, 6.07) is 10.2. The molecule has 0 aliphatic rings. The second-order valence-electron chi connectivity index (χ2n) is 4.82. The molecule has 0 radical (unpaired) electrons. The van der Waals surface area contributed by atoms with E-state index >= 15 is 0 Å². The highest BCUT2D eigenvalue weighted by Gasteiger charge is 2.16. The van der Waals surface area contributed by atoms with Crippen LogP contribution in [0.25, 0.3) is 10.9 Å². The topological polar surface area (TPSA) is 95.3 Å². The number of pyridine rings is 1. The van der Waals surface area contributed by atoms with Gasteiger partial charge in [0.2, 0.25) is 5.43 Å². The van der Waals surface area contributed by atoms with Crippen molar-refractivity contribution in [1.82, 2.24) is 10.3 Å². The van der Waals surface area contributed by atoms with E-state index in [4.69, 9.17) is 4.42 Å². The smallest absolute Gasteiger partial charge is 0.256 e. The number of amides is 1. The average Bonchev–Trinajstić information content (AvgIpc) is 3.07. The number of carbonyl (C=O) groups excluding carboxylic acids is 1. The van der Waals surface area contributed by atoms with Gasteiger partial charge in [0.05, 0.1) is 12.8 Å². The van der Waals surface area contributed by atoms with Crippen molar-refractivity contribution < 1.29 is 14.3 Å². The van der Waals surface area contributed by atoms with Crippen LogP contribution in [0, 0.1) is 0 Å². The van der Waals surface area contributed by atoms with Crippen LogP contribution in [-0.2, 0) is 0 Å². The number of benzene rings is 1. The molecule has 1 unspecified atom stereocenters. The van der Waals surface area contributed by atoms with E-state index in [2.05, 4.69) is 10.3 Å². The Morgan fingerprint density at radius 1 is 1.27 bits per heavy atom. The molecule has 0 aliphatic heterocycles. The Morgan fingerprint density at radius 2 is 2.09 bits per heavy atom. The molecular formula is C16H14N2O4. The third kappa shape index (κ3) is 2.64. The predicted molar refractivity (Wildman–Crippen MR) is 80.6 cm³/mol. The molecule has 112 valence electrons. The molecule has 3 N–H and O–H groups in total. The largest absolute Gasteiger partial charge is 0.467 e. The highest BCUT2D eigenvalue weighted by molar-refractivity contribution is 5.97. The maximum absolute atomic E-state index is 12.3. The number of aliphatic hydroxyl groups excluding tert-OH is 1. The van der Waals surface area contributed by atoms with Gasteiger partial charge in [-0.3, -0.25) is 9.59 Å². The number of H-pyrrole nitrogens is 1. The quantitative estimate of drug-likeness (QED) is 0.681. The van der Waals surface area contributed by atoms with Crippen molar-refractivity contribution in [2.45, 2.75) is 6.10 Å². The van der Waals surface area contributed by atoms with Crippen LogP contribution in [0.15, 0.2) is 58.1 Å². The number of para-hydroxylation sites is 1. The molecule has 0 spiro atoms. The number of nitrogens with one attached hydrogen (secondary N) is 2. The summed E-state index contributed by atoms with van der Waals surface area (Å²) in [5.74, 6) is -0.190. The molecule has 0 saturated carbocycles. The van der Waals surface area contributed by atoms with E-state index in [1.165, 1.54) is 12.5 Å². The molecule has 1 amide bonds. The number of hydrogen-bond donors (Lipinski definition) is 3. The van der Waals surface area contributed by atoms with Gasteiger partial charge in [0.15, 0.2) is 0 Å². The first-order chi connectivity index (χ1) is 10.7. The number of aliphatic hydroxyl groups is 1. The Balaban J connectivity index is 1.78. The number of aromatic nitrogens is 1. The third-order valence-corrected chi connectivity index (χ3v) is 3.36. The van der Waals surface area contributed by atoms with Crippen molar-refractivity contribution in [2.24, 2.45) is 0 Å². The Bertz CT molecular complexity index is 852. The minimum atomic E-state index is -0.960. The van der Waals surface area contributed by atoms with E-state index in [0.717, 1.165) is 0 Å². The van der Waals surface area contributed by atoms with Crippen LogP contribution < -0.4 is 10.7 Å². The zero-order valence-corrected chi connectivity index (χ0v) is 11.6. The fourth-order valence-electron chi connectivity index (χ4n) is 2.20. The standard InChI is InChI=1S/C16H14N2O4/c19-13(14-6-3-7-22-14)9-18-16(21)11-8-17-12-5-2-1-4-10(12)15(11)20/h1-8,13,19H,9H2,(H,17,20)(H,18,21). The fraction of sp³-hybridized carbons (Fsp3) is 0.125. The number of hydrogen-bond acceptors (Lipinski definition) is 4. The van der Waals surface area contributed by atoms with Gasteiger partial charge in [-0.05, 0) is 24.3 Å². The van der Waals surface area contributed by atoms with Crippen LogP contribution in [-0.4, -0.2) is 22.5 Å². The monoisotopic (exact) mass is 298 g/mol. The first-order valence-electron chi connectivity index (χ1n) is 6.77. The van der Waals surface area contributed by atoms with Crippen molar-refractivity contribution in [3.05, 3.63) is 70.4 Å². The number of furan rings is 1. The van der Waals surface area contributed by atoms with Crippen LogP contribution in [0.5, 0.6) is 0 Å². The van der Waals surface area contributed by atoms with Crippen molar-refractivity contribution >= 4 is 16.8 Å². The van der Waals surface area contributed by atoms with E-state index in [1.54, 1.807) is 36.4 Å². The lowest BCUT2D eigenvalue weighted by molar-refractivity contribution is 0.0900. The Kier molecular flexibility index (Phi) is 3.76. The number of fused-ring (bicyclic) bond motifs is 1. The molecular weight excluding hydrogens is 284 g/mol. The first kappa shape index (κ1) is 14.1. The predicted octanol–water partition coefficient (Wildman–Crippen LogP) is 1.58. The molecule has 1 atom stereocenters.